The summed E-state index contributed by atoms with van der Waals surface area (Å²) in [6.45, 7) is 10.2. The molecule has 0 aromatic heterocycles. The van der Waals surface area contributed by atoms with Gasteiger partial charge in [0.15, 0.2) is 0 Å². The molecule has 0 amide bonds. The van der Waals surface area contributed by atoms with Crippen LogP contribution in [0.5, 0.6) is 0 Å². The van der Waals surface area contributed by atoms with Gasteiger partial charge in [0, 0.05) is 0 Å². The Bertz CT molecular complexity index is 737. The van der Waals surface area contributed by atoms with Crippen molar-refractivity contribution in [3.63, 3.8) is 0 Å². The Balaban J connectivity index is 3.37. The molecule has 2 nitrogen and oxygen atoms in total. The van der Waals surface area contributed by atoms with Crippen molar-refractivity contribution in [3.8, 4) is 0 Å². The minimum atomic E-state index is 1.24. The second-order valence-corrected chi connectivity index (χ2v) is 22.7. The third-order valence-corrected chi connectivity index (χ3v) is 15.0. The molecule has 0 saturated carbocycles. The van der Waals surface area contributed by atoms with Gasteiger partial charge in [-0.05, 0) is 51.4 Å². The molecule has 0 spiro atoms. The van der Waals surface area contributed by atoms with Gasteiger partial charge in [-0.25, -0.2) is 0 Å². The molecular weight excluding hydrogens is 749 g/mol. The van der Waals surface area contributed by atoms with Gasteiger partial charge in [0.1, 0.15) is 0 Å². The summed E-state index contributed by atoms with van der Waals surface area (Å²) in [6, 6.07) is 0. The zero-order valence-corrected chi connectivity index (χ0v) is 45.1. The van der Waals surface area contributed by atoms with E-state index in [4.69, 9.17) is 0 Å². The molecule has 62 heavy (non-hydrogen) atoms. The number of hydrogen-bond acceptors (Lipinski definition) is 0. The van der Waals surface area contributed by atoms with E-state index in [1.165, 1.54) is 356 Å². The molecule has 0 saturated heterocycles. The van der Waals surface area contributed by atoms with Gasteiger partial charge >= 0.3 is 0 Å². The number of hydrogen-bond donors (Lipinski definition) is 0. The van der Waals surface area contributed by atoms with Crippen LogP contribution in [0.2, 0.25) is 0 Å². The van der Waals surface area contributed by atoms with Crippen LogP contribution in [0, 0.1) is 0 Å². The first-order valence-corrected chi connectivity index (χ1v) is 30.0. The van der Waals surface area contributed by atoms with E-state index in [0.717, 1.165) is 0 Å². The van der Waals surface area contributed by atoms with E-state index < -0.39 is 0 Å². The van der Waals surface area contributed by atoms with E-state index in [1.54, 1.807) is 0 Å². The Hall–Kier alpha value is -0.0800. The molecule has 0 radical (unpaired) electrons. The Labute approximate surface area is 396 Å². The van der Waals surface area contributed by atoms with Gasteiger partial charge in [0.05, 0.1) is 54.4 Å². The molecule has 374 valence electrons. The van der Waals surface area contributed by atoms with Crippen LogP contribution < -0.4 is 0 Å². The molecule has 0 aromatic carbocycles. The van der Waals surface area contributed by atoms with E-state index in [-0.39, 0.29) is 0 Å². The third kappa shape index (κ3) is 52.5. The molecule has 0 atom stereocenters. The Morgan fingerprint density at radius 2 is 0.242 bits per heavy atom. The van der Waals surface area contributed by atoms with Crippen LogP contribution in [-0.4, -0.2) is 63.3 Å². The summed E-state index contributed by atoms with van der Waals surface area (Å²) in [6.07, 6.45) is 73.4. The first-order valence-electron chi connectivity index (χ1n) is 30.0. The van der Waals surface area contributed by atoms with Crippen molar-refractivity contribution in [1.29, 1.82) is 0 Å². The smallest absolute Gasteiger partial charge is 0.0782 e. The molecular formula is C60H126N2+2. The monoisotopic (exact) mass is 875 g/mol. The lowest BCUT2D eigenvalue weighted by atomic mass is 10.0. The second kappa shape index (κ2) is 50.3. The summed E-state index contributed by atoms with van der Waals surface area (Å²) in [5, 5.41) is 0. The summed E-state index contributed by atoms with van der Waals surface area (Å²) >= 11 is 0. The highest BCUT2D eigenvalue weighted by molar-refractivity contribution is 4.54. The first-order chi connectivity index (χ1) is 30.3. The largest absolute Gasteiger partial charge is 0.328 e. The van der Waals surface area contributed by atoms with Gasteiger partial charge in [0.25, 0.3) is 0 Å². The van der Waals surface area contributed by atoms with E-state index in [2.05, 4.69) is 42.0 Å². The fourth-order valence-corrected chi connectivity index (χ4v) is 10.3. The van der Waals surface area contributed by atoms with Gasteiger partial charge in [-0.15, -0.1) is 0 Å². The van der Waals surface area contributed by atoms with Crippen molar-refractivity contribution >= 4 is 0 Å². The second-order valence-electron chi connectivity index (χ2n) is 22.7. The van der Waals surface area contributed by atoms with Crippen LogP contribution in [0.4, 0.5) is 0 Å². The van der Waals surface area contributed by atoms with Crippen LogP contribution >= 0.6 is 0 Å². The van der Waals surface area contributed by atoms with E-state index in [9.17, 15) is 0 Å². The Morgan fingerprint density at radius 1 is 0.145 bits per heavy atom. The summed E-state index contributed by atoms with van der Waals surface area (Å²) < 4.78 is 2.49. The average Bonchev–Trinajstić information content (AvgIpc) is 3.25. The van der Waals surface area contributed by atoms with Crippen molar-refractivity contribution in [2.24, 2.45) is 0 Å². The fraction of sp³-hybridized carbons (Fsp3) is 1.00. The summed E-state index contributed by atoms with van der Waals surface area (Å²) in [7, 11) is 9.94. The summed E-state index contributed by atoms with van der Waals surface area (Å²) in [5.41, 5.74) is 0. The maximum atomic E-state index is 2.48. The molecule has 2 heteroatoms. The normalized spacial score (nSPS) is 12.3. The molecule has 0 aliphatic rings. The molecule has 0 rings (SSSR count). The van der Waals surface area contributed by atoms with E-state index in [1.807, 2.05) is 0 Å². The lowest BCUT2D eigenvalue weighted by Gasteiger charge is -2.30. The van der Waals surface area contributed by atoms with Crippen molar-refractivity contribution < 1.29 is 8.97 Å². The lowest BCUT2D eigenvalue weighted by molar-refractivity contribution is -0.890. The standard InChI is InChI=1S/C60H126N2/c1-7-9-11-13-15-17-19-21-23-25-27-29-31-33-35-37-41-45-49-53-57-61(3,4)59-55-51-47-43-39-40-44-48-52-56-60-62(5,6)58-54-50-46-42-38-36-34-32-30-28-26-24-22-20-18-16-14-12-10-8-2/h7-60H2,1-6H3/q+2. The average molecular weight is 876 g/mol. The third-order valence-electron chi connectivity index (χ3n) is 15.0. The predicted molar refractivity (Wildman–Crippen MR) is 286 cm³/mol. The fourth-order valence-electron chi connectivity index (χ4n) is 10.3. The Morgan fingerprint density at radius 3 is 0.355 bits per heavy atom. The number of quaternary nitrogens is 2. The van der Waals surface area contributed by atoms with Crippen LogP contribution in [-0.2, 0) is 0 Å². The van der Waals surface area contributed by atoms with Crippen LogP contribution in [0.25, 0.3) is 0 Å². The van der Waals surface area contributed by atoms with Crippen molar-refractivity contribution in [2.75, 3.05) is 54.4 Å². The highest BCUT2D eigenvalue weighted by Crippen LogP contribution is 2.19. The SMILES string of the molecule is CCCCCCCCCCCCCCCCCCCCCC[N+](C)(C)CCCCCCCCCCCC[N+](C)(C)CCCCCCCCCCCCCCCCCCCCCC. The van der Waals surface area contributed by atoms with Gasteiger partial charge < -0.3 is 8.97 Å². The highest BCUT2D eigenvalue weighted by Gasteiger charge is 2.15. The quantitative estimate of drug-likeness (QED) is 0.0422. The zero-order valence-electron chi connectivity index (χ0n) is 45.1. The molecule has 0 aliphatic carbocycles. The van der Waals surface area contributed by atoms with Gasteiger partial charge in [-0.2, -0.15) is 0 Å². The number of nitrogens with zero attached hydrogens (tertiary/aromatic N) is 2. The van der Waals surface area contributed by atoms with Crippen LogP contribution in [0.1, 0.15) is 335 Å². The summed E-state index contributed by atoms with van der Waals surface area (Å²) in [5.74, 6) is 0. The van der Waals surface area contributed by atoms with E-state index in [0.29, 0.717) is 0 Å². The number of unbranched alkanes of at least 4 members (excludes halogenated alkanes) is 47. The number of rotatable bonds is 55. The zero-order chi connectivity index (χ0) is 45.2. The molecule has 0 bridgehead atoms. The van der Waals surface area contributed by atoms with E-state index >= 15 is 0 Å². The maximum Gasteiger partial charge on any atom is 0.0782 e. The molecule has 0 N–H and O–H groups in total. The molecule has 0 fully saturated rings. The lowest BCUT2D eigenvalue weighted by Crippen LogP contribution is -2.41. The minimum Gasteiger partial charge on any atom is -0.328 e. The maximum absolute atomic E-state index is 2.48. The van der Waals surface area contributed by atoms with Crippen molar-refractivity contribution in [3.05, 3.63) is 0 Å². The van der Waals surface area contributed by atoms with Crippen LogP contribution in [0.3, 0.4) is 0 Å². The highest BCUT2D eigenvalue weighted by atomic mass is 15.3. The molecule has 0 aliphatic heterocycles. The molecule has 0 aromatic rings. The summed E-state index contributed by atoms with van der Waals surface area (Å²) in [4.78, 5) is 0. The van der Waals surface area contributed by atoms with Crippen molar-refractivity contribution in [1.82, 2.24) is 0 Å². The van der Waals surface area contributed by atoms with Gasteiger partial charge in [-0.1, -0.05) is 284 Å². The molecule has 0 unspecified atom stereocenters. The topological polar surface area (TPSA) is 0 Å². The van der Waals surface area contributed by atoms with Gasteiger partial charge in [-0.3, -0.25) is 0 Å². The van der Waals surface area contributed by atoms with Crippen molar-refractivity contribution in [2.45, 2.75) is 335 Å². The van der Waals surface area contributed by atoms with Crippen LogP contribution in [0.15, 0.2) is 0 Å². The first kappa shape index (κ1) is 61.9. The molecule has 0 heterocycles. The minimum absolute atomic E-state index is 1.24. The Kier molecular flexibility index (Phi) is 50.3. The predicted octanol–water partition coefficient (Wildman–Crippen LogP) is 20.7. The van der Waals surface area contributed by atoms with Gasteiger partial charge in [0.2, 0.25) is 0 Å².